The molecule has 2 heterocycles. The minimum Gasteiger partial charge on any atom is -0.465 e. The van der Waals surface area contributed by atoms with Crippen LogP contribution in [0.5, 0.6) is 0 Å². The Hall–Kier alpha value is -2.83. The highest BCUT2D eigenvalue weighted by atomic mass is 16.3. The van der Waals surface area contributed by atoms with E-state index in [1.165, 1.54) is 24.5 Å². The minimum absolute atomic E-state index is 0.0404. The van der Waals surface area contributed by atoms with Crippen molar-refractivity contribution in [1.82, 2.24) is 15.5 Å². The van der Waals surface area contributed by atoms with Crippen LogP contribution in [0.4, 0.5) is 0 Å². The molecule has 0 aromatic carbocycles. The van der Waals surface area contributed by atoms with Crippen molar-refractivity contribution in [1.29, 1.82) is 0 Å². The number of furan rings is 1. The lowest BCUT2D eigenvalue weighted by molar-refractivity contribution is -0.139. The van der Waals surface area contributed by atoms with Gasteiger partial charge in [0, 0.05) is 32.3 Å². The fraction of sp³-hybridized carbons (Fsp3) is 0.522. The zero-order valence-corrected chi connectivity index (χ0v) is 17.4. The second-order valence-electron chi connectivity index (χ2n) is 7.94. The summed E-state index contributed by atoms with van der Waals surface area (Å²) in [5.74, 6) is -0.266. The maximum absolute atomic E-state index is 12.2. The molecule has 3 amide bonds. The molecule has 3 rings (SSSR count). The quantitative estimate of drug-likeness (QED) is 0.408. The average Bonchev–Trinajstić information content (AvgIpc) is 3.30. The van der Waals surface area contributed by atoms with E-state index >= 15 is 0 Å². The van der Waals surface area contributed by atoms with E-state index in [-0.39, 0.29) is 11.8 Å². The Morgan fingerprint density at radius 1 is 1.13 bits per heavy atom. The number of hydrogen-bond donors (Lipinski definition) is 2. The fourth-order valence-electron chi connectivity index (χ4n) is 3.87. The third-order valence-electron chi connectivity index (χ3n) is 5.73. The van der Waals surface area contributed by atoms with Crippen LogP contribution in [0.1, 0.15) is 50.7 Å². The number of hydrogen-bond acceptors (Lipinski definition) is 4. The smallest absolute Gasteiger partial charge is 0.309 e. The Kier molecular flexibility index (Phi) is 8.30. The van der Waals surface area contributed by atoms with Gasteiger partial charge in [-0.05, 0) is 69.1 Å². The van der Waals surface area contributed by atoms with Crippen LogP contribution in [0.2, 0.25) is 0 Å². The molecular weight excluding hydrogens is 382 g/mol. The van der Waals surface area contributed by atoms with Crippen LogP contribution in [-0.4, -0.2) is 48.8 Å². The minimum atomic E-state index is -0.576. The first kappa shape index (κ1) is 21.9. The number of rotatable bonds is 7. The highest BCUT2D eigenvalue weighted by Crippen LogP contribution is 2.19. The molecule has 0 atom stereocenters. The molecule has 1 fully saturated rings. The van der Waals surface area contributed by atoms with E-state index in [0.29, 0.717) is 31.9 Å². The predicted molar refractivity (Wildman–Crippen MR) is 114 cm³/mol. The summed E-state index contributed by atoms with van der Waals surface area (Å²) >= 11 is 0. The molecule has 0 saturated carbocycles. The van der Waals surface area contributed by atoms with Gasteiger partial charge in [-0.3, -0.25) is 14.4 Å². The number of amides is 3. The third-order valence-corrected chi connectivity index (χ3v) is 5.73. The van der Waals surface area contributed by atoms with E-state index in [4.69, 9.17) is 4.42 Å². The summed E-state index contributed by atoms with van der Waals surface area (Å²) in [6, 6.07) is 3.57. The molecule has 1 aromatic heterocycles. The topological polar surface area (TPSA) is 91.7 Å². The van der Waals surface area contributed by atoms with Crippen molar-refractivity contribution in [3.05, 3.63) is 41.9 Å². The molecule has 2 aliphatic rings. The van der Waals surface area contributed by atoms with E-state index < -0.39 is 11.8 Å². The van der Waals surface area contributed by atoms with Crippen molar-refractivity contribution in [3.8, 4) is 0 Å². The zero-order valence-electron chi connectivity index (χ0n) is 17.4. The van der Waals surface area contributed by atoms with E-state index in [1.54, 1.807) is 29.4 Å². The van der Waals surface area contributed by atoms with Crippen molar-refractivity contribution in [3.63, 3.8) is 0 Å². The molecule has 1 saturated heterocycles. The molecule has 1 aliphatic carbocycles. The van der Waals surface area contributed by atoms with Gasteiger partial charge < -0.3 is 20.0 Å². The summed E-state index contributed by atoms with van der Waals surface area (Å²) in [6.45, 7) is 2.25. The Bertz CT molecular complexity index is 774. The molecular formula is C23H31N3O4. The Labute approximate surface area is 177 Å². The molecule has 1 aromatic rings. The fourth-order valence-corrected chi connectivity index (χ4v) is 3.87. The average molecular weight is 414 g/mol. The van der Waals surface area contributed by atoms with Gasteiger partial charge in [0.1, 0.15) is 5.76 Å². The molecule has 0 bridgehead atoms. The highest BCUT2D eigenvalue weighted by molar-refractivity contribution is 6.35. The lowest BCUT2D eigenvalue weighted by Crippen LogP contribution is -2.44. The molecule has 0 unspecified atom stereocenters. The van der Waals surface area contributed by atoms with Gasteiger partial charge in [-0.2, -0.15) is 0 Å². The molecule has 1 aliphatic heterocycles. The Morgan fingerprint density at radius 3 is 2.63 bits per heavy atom. The van der Waals surface area contributed by atoms with Crippen LogP contribution in [0.15, 0.2) is 40.5 Å². The normalized spacial score (nSPS) is 17.6. The summed E-state index contributed by atoms with van der Waals surface area (Å²) < 4.78 is 5.18. The van der Waals surface area contributed by atoms with Crippen molar-refractivity contribution < 1.29 is 18.8 Å². The van der Waals surface area contributed by atoms with E-state index in [2.05, 4.69) is 16.7 Å². The summed E-state index contributed by atoms with van der Waals surface area (Å²) in [5, 5.41) is 5.44. The number of carbonyl (C=O) groups is 3. The second-order valence-corrected chi connectivity index (χ2v) is 7.94. The van der Waals surface area contributed by atoms with Crippen molar-refractivity contribution in [2.24, 2.45) is 5.92 Å². The largest absolute Gasteiger partial charge is 0.465 e. The van der Waals surface area contributed by atoms with Gasteiger partial charge in [0.05, 0.1) is 6.26 Å². The summed E-state index contributed by atoms with van der Waals surface area (Å²) in [7, 11) is 0. The lowest BCUT2D eigenvalue weighted by Gasteiger charge is -2.31. The summed E-state index contributed by atoms with van der Waals surface area (Å²) in [5.41, 5.74) is 1.38. The Balaban J connectivity index is 1.29. The second kappa shape index (κ2) is 11.4. The van der Waals surface area contributed by atoms with Gasteiger partial charge in [0.25, 0.3) is 0 Å². The van der Waals surface area contributed by atoms with Gasteiger partial charge in [0.2, 0.25) is 5.91 Å². The first-order valence-corrected chi connectivity index (χ1v) is 10.9. The van der Waals surface area contributed by atoms with E-state index in [1.807, 2.05) is 0 Å². The maximum atomic E-state index is 12.2. The summed E-state index contributed by atoms with van der Waals surface area (Å²) in [6.07, 6.45) is 14.1. The van der Waals surface area contributed by atoms with Gasteiger partial charge in [-0.15, -0.1) is 0 Å². The van der Waals surface area contributed by atoms with Crippen LogP contribution < -0.4 is 10.6 Å². The number of nitrogens with one attached hydrogen (secondary N) is 2. The van der Waals surface area contributed by atoms with Gasteiger partial charge in [-0.1, -0.05) is 11.6 Å². The molecule has 7 nitrogen and oxygen atoms in total. The van der Waals surface area contributed by atoms with Gasteiger partial charge >= 0.3 is 11.8 Å². The molecule has 2 N–H and O–H groups in total. The van der Waals surface area contributed by atoms with Crippen LogP contribution in [0, 0.1) is 5.92 Å². The van der Waals surface area contributed by atoms with Gasteiger partial charge in [-0.25, -0.2) is 0 Å². The first-order chi connectivity index (χ1) is 14.6. The summed E-state index contributed by atoms with van der Waals surface area (Å²) in [4.78, 5) is 38.0. The van der Waals surface area contributed by atoms with Crippen molar-refractivity contribution in [2.75, 3.05) is 26.2 Å². The lowest BCUT2D eigenvalue weighted by atomic mass is 9.96. The third kappa shape index (κ3) is 6.90. The number of carbonyl (C=O) groups excluding carboxylic acids is 3. The number of nitrogens with zero attached hydrogens (tertiary/aromatic N) is 1. The number of likely N-dealkylation sites (tertiary alicyclic amines) is 1. The first-order valence-electron chi connectivity index (χ1n) is 10.9. The number of piperidine rings is 1. The van der Waals surface area contributed by atoms with Crippen molar-refractivity contribution in [2.45, 2.75) is 44.9 Å². The molecule has 30 heavy (non-hydrogen) atoms. The van der Waals surface area contributed by atoms with Crippen LogP contribution in [-0.2, 0) is 14.4 Å². The van der Waals surface area contributed by atoms with E-state index in [9.17, 15) is 14.4 Å². The number of allylic oxidation sites excluding steroid dienone is 1. The zero-order chi connectivity index (χ0) is 21.2. The van der Waals surface area contributed by atoms with Crippen LogP contribution in [0.25, 0.3) is 6.08 Å². The van der Waals surface area contributed by atoms with Gasteiger partial charge in [0.15, 0.2) is 0 Å². The molecule has 162 valence electrons. The molecule has 7 heteroatoms. The van der Waals surface area contributed by atoms with Crippen molar-refractivity contribution >= 4 is 23.8 Å². The molecule has 0 spiro atoms. The van der Waals surface area contributed by atoms with Crippen LogP contribution in [0.3, 0.4) is 0 Å². The maximum Gasteiger partial charge on any atom is 0.309 e. The van der Waals surface area contributed by atoms with E-state index in [0.717, 1.165) is 32.1 Å². The monoisotopic (exact) mass is 413 g/mol. The predicted octanol–water partition coefficient (Wildman–Crippen LogP) is 2.65. The Morgan fingerprint density at radius 2 is 1.93 bits per heavy atom. The standard InChI is InChI=1S/C23H31N3O4/c27-21(9-8-20-7-4-16-30-20)26-14-11-19(12-15-26)17-25-23(29)22(28)24-13-10-18-5-2-1-3-6-18/h4-5,7-9,16,19H,1-3,6,10-15,17H2,(H,24,28)(H,25,29)/b9-8+. The SMILES string of the molecule is O=C(NCCC1=CCCCC1)C(=O)NCC1CCN(C(=O)/C=C/c2ccco2)CC1. The van der Waals surface area contributed by atoms with Crippen LogP contribution >= 0.6 is 0 Å². The molecule has 0 radical (unpaired) electrons. The highest BCUT2D eigenvalue weighted by Gasteiger charge is 2.23.